The van der Waals surface area contributed by atoms with Crippen molar-refractivity contribution in [3.8, 4) is 16.9 Å². The number of aromatic nitrogens is 2. The molecule has 0 saturated carbocycles. The van der Waals surface area contributed by atoms with Gasteiger partial charge in [0.25, 0.3) is 0 Å². The van der Waals surface area contributed by atoms with Crippen molar-refractivity contribution in [1.29, 1.82) is 0 Å². The zero-order valence-electron chi connectivity index (χ0n) is 18.2. The van der Waals surface area contributed by atoms with Crippen LogP contribution in [0.4, 0.5) is 5.82 Å². The molecule has 0 radical (unpaired) electrons. The summed E-state index contributed by atoms with van der Waals surface area (Å²) in [6, 6.07) is 28.2. The van der Waals surface area contributed by atoms with E-state index in [-0.39, 0.29) is 11.8 Å². The normalized spacial score (nSPS) is 11.8. The lowest BCUT2D eigenvalue weighted by Crippen LogP contribution is -2.22. The number of benzene rings is 3. The van der Waals surface area contributed by atoms with Gasteiger partial charge in [-0.3, -0.25) is 4.79 Å². The smallest absolute Gasteiger partial charge is 0.233 e. The fraction of sp³-hybridized carbons (Fsp3) is 0.185. The van der Waals surface area contributed by atoms with Crippen LogP contribution in [0.1, 0.15) is 36.0 Å². The molecule has 0 saturated heterocycles. The standard InChI is InChI=1S/C27H27N3O/c1-4-23(21-11-6-5-7-12-21)27(31)28-26-18-24(22-16-14-19(2)15-17-22)29-30(26)25-13-9-8-10-20(25)3/h5-18,23H,4H2,1-3H3,(H,28,31). The van der Waals surface area contributed by atoms with Gasteiger partial charge in [-0.1, -0.05) is 85.3 Å². The van der Waals surface area contributed by atoms with E-state index in [0.29, 0.717) is 5.82 Å². The molecule has 1 aromatic heterocycles. The van der Waals surface area contributed by atoms with E-state index in [1.54, 1.807) is 0 Å². The first-order valence-electron chi connectivity index (χ1n) is 10.7. The number of amides is 1. The molecule has 1 amide bonds. The molecule has 0 fully saturated rings. The van der Waals surface area contributed by atoms with Gasteiger partial charge >= 0.3 is 0 Å². The minimum absolute atomic E-state index is 0.0288. The van der Waals surface area contributed by atoms with E-state index in [1.165, 1.54) is 5.56 Å². The summed E-state index contributed by atoms with van der Waals surface area (Å²) in [7, 11) is 0. The van der Waals surface area contributed by atoms with Crippen LogP contribution in [0.5, 0.6) is 0 Å². The lowest BCUT2D eigenvalue weighted by molar-refractivity contribution is -0.117. The average Bonchev–Trinajstić information content (AvgIpc) is 3.19. The predicted molar refractivity (Wildman–Crippen MR) is 127 cm³/mol. The van der Waals surface area contributed by atoms with Crippen LogP contribution in [0.2, 0.25) is 0 Å². The van der Waals surface area contributed by atoms with Crippen LogP contribution in [0.15, 0.2) is 84.9 Å². The molecule has 1 atom stereocenters. The molecular formula is C27H27N3O. The number of para-hydroxylation sites is 1. The van der Waals surface area contributed by atoms with Crippen molar-refractivity contribution < 1.29 is 4.79 Å². The molecule has 31 heavy (non-hydrogen) atoms. The number of rotatable bonds is 6. The largest absolute Gasteiger partial charge is 0.310 e. The highest BCUT2D eigenvalue weighted by molar-refractivity contribution is 5.96. The quantitative estimate of drug-likeness (QED) is 0.407. The van der Waals surface area contributed by atoms with E-state index >= 15 is 0 Å². The van der Waals surface area contributed by atoms with Gasteiger partial charge < -0.3 is 5.32 Å². The van der Waals surface area contributed by atoms with Crippen LogP contribution < -0.4 is 5.32 Å². The summed E-state index contributed by atoms with van der Waals surface area (Å²) in [5, 5.41) is 8.00. The average molecular weight is 410 g/mol. The van der Waals surface area contributed by atoms with Gasteiger partial charge in [-0.15, -0.1) is 0 Å². The van der Waals surface area contributed by atoms with Gasteiger partial charge in [0.05, 0.1) is 17.3 Å². The van der Waals surface area contributed by atoms with E-state index in [2.05, 4.69) is 36.5 Å². The van der Waals surface area contributed by atoms with Crippen molar-refractivity contribution in [2.45, 2.75) is 33.1 Å². The van der Waals surface area contributed by atoms with Crippen molar-refractivity contribution >= 4 is 11.7 Å². The second kappa shape index (κ2) is 9.00. The Bertz CT molecular complexity index is 1180. The van der Waals surface area contributed by atoms with Crippen LogP contribution in [0.3, 0.4) is 0 Å². The third-order valence-corrected chi connectivity index (χ3v) is 5.58. The van der Waals surface area contributed by atoms with Crippen molar-refractivity contribution in [3.05, 3.63) is 102 Å². The second-order valence-electron chi connectivity index (χ2n) is 7.84. The Kier molecular flexibility index (Phi) is 5.99. The van der Waals surface area contributed by atoms with E-state index < -0.39 is 0 Å². The summed E-state index contributed by atoms with van der Waals surface area (Å²) in [5.41, 5.74) is 6.10. The maximum Gasteiger partial charge on any atom is 0.233 e. The van der Waals surface area contributed by atoms with Crippen molar-refractivity contribution in [3.63, 3.8) is 0 Å². The van der Waals surface area contributed by atoms with E-state index in [4.69, 9.17) is 5.10 Å². The molecule has 0 bridgehead atoms. The molecule has 4 aromatic rings. The Morgan fingerprint density at radius 3 is 2.29 bits per heavy atom. The van der Waals surface area contributed by atoms with Crippen molar-refractivity contribution in [1.82, 2.24) is 9.78 Å². The van der Waals surface area contributed by atoms with Gasteiger partial charge in [0.2, 0.25) is 5.91 Å². The predicted octanol–water partition coefficient (Wildman–Crippen LogP) is 6.29. The minimum Gasteiger partial charge on any atom is -0.310 e. The molecule has 0 spiro atoms. The summed E-state index contributed by atoms with van der Waals surface area (Å²) < 4.78 is 1.83. The molecule has 0 aliphatic carbocycles. The number of aryl methyl sites for hydroxylation is 2. The lowest BCUT2D eigenvalue weighted by Gasteiger charge is -2.16. The third-order valence-electron chi connectivity index (χ3n) is 5.58. The van der Waals surface area contributed by atoms with Crippen molar-refractivity contribution in [2.24, 2.45) is 0 Å². The SMILES string of the molecule is CCC(C(=O)Nc1cc(-c2ccc(C)cc2)nn1-c1ccccc1C)c1ccccc1. The number of anilines is 1. The third kappa shape index (κ3) is 4.43. The van der Waals surface area contributed by atoms with Crippen molar-refractivity contribution in [2.75, 3.05) is 5.32 Å². The lowest BCUT2D eigenvalue weighted by atomic mass is 9.96. The van der Waals surface area contributed by atoms with Crippen LogP contribution in [0, 0.1) is 13.8 Å². The number of carbonyl (C=O) groups is 1. The second-order valence-corrected chi connectivity index (χ2v) is 7.84. The maximum absolute atomic E-state index is 13.3. The number of hydrogen-bond acceptors (Lipinski definition) is 2. The first-order valence-corrected chi connectivity index (χ1v) is 10.7. The molecule has 4 nitrogen and oxygen atoms in total. The highest BCUT2D eigenvalue weighted by atomic mass is 16.2. The van der Waals surface area contributed by atoms with E-state index in [1.807, 2.05) is 79.2 Å². The molecule has 1 unspecified atom stereocenters. The minimum atomic E-state index is -0.218. The van der Waals surface area contributed by atoms with Crippen LogP contribution in [-0.4, -0.2) is 15.7 Å². The highest BCUT2D eigenvalue weighted by Crippen LogP contribution is 2.28. The maximum atomic E-state index is 13.3. The molecule has 4 heteroatoms. The van der Waals surface area contributed by atoms with E-state index in [9.17, 15) is 4.79 Å². The molecule has 0 aliphatic heterocycles. The van der Waals surface area contributed by atoms with Crippen LogP contribution >= 0.6 is 0 Å². The zero-order chi connectivity index (χ0) is 21.8. The zero-order valence-corrected chi connectivity index (χ0v) is 18.2. The molecule has 4 rings (SSSR count). The summed E-state index contributed by atoms with van der Waals surface area (Å²) in [6.07, 6.45) is 0.721. The summed E-state index contributed by atoms with van der Waals surface area (Å²) in [6.45, 7) is 6.15. The first-order chi connectivity index (χ1) is 15.1. The Balaban J connectivity index is 1.74. The number of nitrogens with one attached hydrogen (secondary N) is 1. The molecule has 1 N–H and O–H groups in total. The summed E-state index contributed by atoms with van der Waals surface area (Å²) in [4.78, 5) is 13.3. The fourth-order valence-corrected chi connectivity index (χ4v) is 3.79. The number of nitrogens with zero attached hydrogens (tertiary/aromatic N) is 2. The summed E-state index contributed by atoms with van der Waals surface area (Å²) in [5.74, 6) is 0.424. The molecule has 3 aromatic carbocycles. The Labute approximate surface area is 183 Å². The van der Waals surface area contributed by atoms with Gasteiger partial charge in [0, 0.05) is 11.6 Å². The first kappa shape index (κ1) is 20.6. The van der Waals surface area contributed by atoms with Gasteiger partial charge in [-0.2, -0.15) is 5.10 Å². The highest BCUT2D eigenvalue weighted by Gasteiger charge is 2.21. The van der Waals surface area contributed by atoms with Gasteiger partial charge in [0.15, 0.2) is 0 Å². The van der Waals surface area contributed by atoms with E-state index in [0.717, 1.165) is 34.5 Å². The molecule has 1 heterocycles. The van der Waals surface area contributed by atoms with Gasteiger partial charge in [-0.05, 0) is 37.5 Å². The van der Waals surface area contributed by atoms with Gasteiger partial charge in [-0.25, -0.2) is 4.68 Å². The Morgan fingerprint density at radius 2 is 1.61 bits per heavy atom. The van der Waals surface area contributed by atoms with Crippen LogP contribution in [0.25, 0.3) is 16.9 Å². The fourth-order valence-electron chi connectivity index (χ4n) is 3.79. The number of hydrogen-bond donors (Lipinski definition) is 1. The van der Waals surface area contributed by atoms with Gasteiger partial charge in [0.1, 0.15) is 5.82 Å². The topological polar surface area (TPSA) is 46.9 Å². The molecular weight excluding hydrogens is 382 g/mol. The Morgan fingerprint density at radius 1 is 0.935 bits per heavy atom. The molecule has 0 aliphatic rings. The molecule has 156 valence electrons. The Hall–Kier alpha value is -3.66. The van der Waals surface area contributed by atoms with Crippen LogP contribution in [-0.2, 0) is 4.79 Å². The number of carbonyl (C=O) groups excluding carboxylic acids is 1. The monoisotopic (exact) mass is 409 g/mol. The summed E-state index contributed by atoms with van der Waals surface area (Å²) >= 11 is 0.